The van der Waals surface area contributed by atoms with Gasteiger partial charge in [-0.2, -0.15) is 0 Å². The van der Waals surface area contributed by atoms with Gasteiger partial charge in [-0.25, -0.2) is 4.98 Å². The van der Waals surface area contributed by atoms with Crippen LogP contribution >= 0.6 is 23.2 Å². The quantitative estimate of drug-likeness (QED) is 0.299. The van der Waals surface area contributed by atoms with Gasteiger partial charge in [0.1, 0.15) is 11.6 Å². The average molecular weight is 576 g/mol. The number of carbonyl (C=O) groups is 2. The number of fused-ring (bicyclic) bond motifs is 4. The van der Waals surface area contributed by atoms with Crippen molar-refractivity contribution in [3.05, 3.63) is 87.7 Å². The van der Waals surface area contributed by atoms with E-state index >= 15 is 0 Å². The molecule has 0 aliphatic carbocycles. The summed E-state index contributed by atoms with van der Waals surface area (Å²) in [5.74, 6) is 0.365. The normalized spacial score (nSPS) is 17.4. The second kappa shape index (κ2) is 9.28. The van der Waals surface area contributed by atoms with Crippen LogP contribution in [0, 0.1) is 0 Å². The summed E-state index contributed by atoms with van der Waals surface area (Å²) >= 11 is 12.7. The van der Waals surface area contributed by atoms with Crippen LogP contribution in [0.15, 0.2) is 60.7 Å². The van der Waals surface area contributed by atoms with Crippen molar-refractivity contribution in [3.8, 4) is 17.1 Å². The Hall–Kier alpha value is -4.01. The first-order valence-corrected chi connectivity index (χ1v) is 13.5. The van der Waals surface area contributed by atoms with Crippen LogP contribution < -0.4 is 19.9 Å². The van der Waals surface area contributed by atoms with Gasteiger partial charge in [-0.15, -0.1) is 0 Å². The molecule has 2 aliphatic rings. The topological polar surface area (TPSA) is 79.7 Å². The number of halogens is 2. The molecular weight excluding hydrogens is 549 g/mol. The highest BCUT2D eigenvalue weighted by molar-refractivity contribution is 6.32. The molecule has 1 aromatic heterocycles. The lowest BCUT2D eigenvalue weighted by Crippen LogP contribution is -2.51. The highest BCUT2D eigenvalue weighted by atomic mass is 35.5. The average Bonchev–Trinajstić information content (AvgIpc) is 3.52. The maximum absolute atomic E-state index is 14.4. The number of nitrogens with zero attached hydrogens (tertiary/aromatic N) is 4. The largest absolute Gasteiger partial charge is 0.496 e. The number of hydrogen-bond donors (Lipinski definition) is 1. The Morgan fingerprint density at radius 1 is 1.00 bits per heavy atom. The third-order valence-corrected chi connectivity index (χ3v) is 7.94. The molecule has 0 fully saturated rings. The van der Waals surface area contributed by atoms with Gasteiger partial charge in [0.2, 0.25) is 0 Å². The summed E-state index contributed by atoms with van der Waals surface area (Å²) in [5, 5.41) is 3.90. The first-order valence-electron chi connectivity index (χ1n) is 12.8. The van der Waals surface area contributed by atoms with E-state index in [9.17, 15) is 9.59 Å². The second-order valence-electron chi connectivity index (χ2n) is 10.4. The van der Waals surface area contributed by atoms with E-state index in [4.69, 9.17) is 32.9 Å². The van der Waals surface area contributed by atoms with Gasteiger partial charge in [0.05, 0.1) is 18.4 Å². The Bertz CT molecular complexity index is 1710. The molecule has 1 N–H and O–H groups in total. The van der Waals surface area contributed by atoms with Gasteiger partial charge in [0.25, 0.3) is 11.8 Å². The molecule has 6 rings (SSSR count). The predicted octanol–water partition coefficient (Wildman–Crippen LogP) is 6.37. The number of carbonyl (C=O) groups excluding carboxylic acids is 2. The highest BCUT2D eigenvalue weighted by Gasteiger charge is 2.64. The van der Waals surface area contributed by atoms with Crippen LogP contribution in [0.2, 0.25) is 10.0 Å². The molecule has 2 amide bonds. The van der Waals surface area contributed by atoms with Crippen molar-refractivity contribution >= 4 is 52.1 Å². The fourth-order valence-corrected chi connectivity index (χ4v) is 6.14. The zero-order valence-electron chi connectivity index (χ0n) is 22.6. The molecule has 1 spiro atoms. The van der Waals surface area contributed by atoms with Crippen LogP contribution in [0.3, 0.4) is 0 Å². The molecule has 4 aromatic rings. The molecule has 0 saturated carbocycles. The maximum Gasteiger partial charge on any atom is 0.280 e. The Labute approximate surface area is 242 Å². The van der Waals surface area contributed by atoms with Crippen molar-refractivity contribution in [2.75, 3.05) is 36.3 Å². The molecule has 10 heteroatoms. The van der Waals surface area contributed by atoms with E-state index in [0.717, 1.165) is 5.69 Å². The van der Waals surface area contributed by atoms with E-state index in [1.165, 1.54) is 4.90 Å². The third-order valence-electron chi connectivity index (χ3n) is 7.47. The fourth-order valence-electron chi connectivity index (χ4n) is 5.78. The maximum atomic E-state index is 14.4. The van der Waals surface area contributed by atoms with Gasteiger partial charge >= 0.3 is 0 Å². The standard InChI is InChI=1S/C30H27Cl2N5O3/c1-16(2)36-26-25(34-27(36)21-11-10-19(35(3)4)15-24(21)40-5)28(38)37(20-8-6-7-17(31)13-20)30(26)22-12-9-18(32)14-23(22)33-29(30)39/h6-16H,1-5H3,(H,33,39)/t30-/m1/s1. The third kappa shape index (κ3) is 3.56. The van der Waals surface area contributed by atoms with E-state index in [0.29, 0.717) is 49.8 Å². The molecule has 1 atom stereocenters. The van der Waals surface area contributed by atoms with Crippen LogP contribution in [0.25, 0.3) is 11.4 Å². The molecule has 2 aliphatic heterocycles. The summed E-state index contributed by atoms with van der Waals surface area (Å²) in [4.78, 5) is 37.0. The van der Waals surface area contributed by atoms with Crippen LogP contribution in [0.1, 0.15) is 41.6 Å². The van der Waals surface area contributed by atoms with Crippen LogP contribution in [-0.4, -0.2) is 42.6 Å². The van der Waals surface area contributed by atoms with E-state index in [-0.39, 0.29) is 17.6 Å². The van der Waals surface area contributed by atoms with Gasteiger partial charge in [-0.05, 0) is 56.3 Å². The van der Waals surface area contributed by atoms with Gasteiger partial charge in [0.15, 0.2) is 11.2 Å². The van der Waals surface area contributed by atoms with Crippen molar-refractivity contribution in [1.29, 1.82) is 0 Å². The molecule has 0 radical (unpaired) electrons. The molecule has 40 heavy (non-hydrogen) atoms. The Morgan fingerprint density at radius 3 is 2.42 bits per heavy atom. The monoisotopic (exact) mass is 575 g/mol. The van der Waals surface area contributed by atoms with Gasteiger partial charge < -0.3 is 19.5 Å². The number of rotatable bonds is 5. The van der Waals surface area contributed by atoms with Gasteiger partial charge in [0, 0.05) is 58.9 Å². The summed E-state index contributed by atoms with van der Waals surface area (Å²) in [7, 11) is 5.51. The van der Waals surface area contributed by atoms with E-state index in [1.54, 1.807) is 49.6 Å². The number of hydrogen-bond acceptors (Lipinski definition) is 5. The van der Waals surface area contributed by atoms with E-state index in [1.807, 2.05) is 55.6 Å². The predicted molar refractivity (Wildman–Crippen MR) is 158 cm³/mol. The zero-order chi connectivity index (χ0) is 28.5. The molecule has 3 aromatic carbocycles. The second-order valence-corrected chi connectivity index (χ2v) is 11.2. The first-order chi connectivity index (χ1) is 19.1. The highest BCUT2D eigenvalue weighted by Crippen LogP contribution is 2.54. The summed E-state index contributed by atoms with van der Waals surface area (Å²) in [6.45, 7) is 4.00. The Balaban J connectivity index is 1.70. The Morgan fingerprint density at radius 2 is 1.75 bits per heavy atom. The number of aromatic nitrogens is 2. The van der Waals surface area contributed by atoms with Crippen molar-refractivity contribution in [3.63, 3.8) is 0 Å². The number of imidazole rings is 1. The SMILES string of the molecule is COc1cc(N(C)C)ccc1-c1nc2c(n1C(C)C)[C@]1(C(=O)Nc3cc(Cl)ccc31)N(c1cccc(Cl)c1)C2=O. The summed E-state index contributed by atoms with van der Waals surface area (Å²) in [5.41, 5.74) is 2.44. The molecular formula is C30H27Cl2N5O3. The van der Waals surface area contributed by atoms with Crippen LogP contribution in [0.5, 0.6) is 5.75 Å². The van der Waals surface area contributed by atoms with Gasteiger partial charge in [-0.3, -0.25) is 14.5 Å². The molecule has 8 nitrogen and oxygen atoms in total. The Kier molecular flexibility index (Phi) is 6.09. The molecule has 0 unspecified atom stereocenters. The molecule has 204 valence electrons. The number of anilines is 3. The number of benzene rings is 3. The number of amides is 2. The zero-order valence-corrected chi connectivity index (χ0v) is 24.1. The minimum Gasteiger partial charge on any atom is -0.496 e. The van der Waals surface area contributed by atoms with Crippen molar-refractivity contribution in [2.24, 2.45) is 0 Å². The smallest absolute Gasteiger partial charge is 0.280 e. The van der Waals surface area contributed by atoms with Gasteiger partial charge in [-0.1, -0.05) is 35.3 Å². The molecule has 0 saturated heterocycles. The van der Waals surface area contributed by atoms with Crippen LogP contribution in [-0.2, 0) is 10.3 Å². The number of nitrogens with one attached hydrogen (secondary N) is 1. The number of ether oxygens (including phenoxy) is 1. The van der Waals surface area contributed by atoms with Crippen LogP contribution in [0.4, 0.5) is 17.1 Å². The van der Waals surface area contributed by atoms with Crippen molar-refractivity contribution in [2.45, 2.75) is 25.4 Å². The minimum absolute atomic E-state index is 0.169. The minimum atomic E-state index is -1.54. The van der Waals surface area contributed by atoms with E-state index in [2.05, 4.69) is 5.32 Å². The lowest BCUT2D eigenvalue weighted by Gasteiger charge is -2.35. The summed E-state index contributed by atoms with van der Waals surface area (Å²) in [6.07, 6.45) is 0. The van der Waals surface area contributed by atoms with E-state index < -0.39 is 11.4 Å². The molecule has 0 bridgehead atoms. The van der Waals surface area contributed by atoms with Crippen molar-refractivity contribution < 1.29 is 14.3 Å². The van der Waals surface area contributed by atoms with Crippen molar-refractivity contribution in [1.82, 2.24) is 9.55 Å². The fraction of sp³-hybridized carbons (Fsp3) is 0.233. The first kappa shape index (κ1) is 26.2. The summed E-state index contributed by atoms with van der Waals surface area (Å²) in [6, 6.07) is 17.8. The lowest BCUT2D eigenvalue weighted by molar-refractivity contribution is -0.119. The number of methoxy groups -OCH3 is 1. The summed E-state index contributed by atoms with van der Waals surface area (Å²) < 4.78 is 7.75. The lowest BCUT2D eigenvalue weighted by atomic mass is 9.87. The molecule has 3 heterocycles.